The third-order valence-corrected chi connectivity index (χ3v) is 4.19. The van der Waals surface area contributed by atoms with E-state index in [2.05, 4.69) is 93.6 Å². The van der Waals surface area contributed by atoms with Gasteiger partial charge in [0.2, 0.25) is 0 Å². The van der Waals surface area contributed by atoms with Crippen molar-refractivity contribution < 1.29 is 0 Å². The molecule has 0 atom stereocenters. The van der Waals surface area contributed by atoms with E-state index in [1.165, 1.54) is 33.4 Å². The molecule has 22 heavy (non-hydrogen) atoms. The van der Waals surface area contributed by atoms with Crippen LogP contribution in [0.25, 0.3) is 22.3 Å². The molecule has 0 bridgehead atoms. The summed E-state index contributed by atoms with van der Waals surface area (Å²) in [5.74, 6) is 0.513. The van der Waals surface area contributed by atoms with Gasteiger partial charge in [-0.1, -0.05) is 80.6 Å². The maximum absolute atomic E-state index is 2.36. The van der Waals surface area contributed by atoms with Crippen molar-refractivity contribution in [1.82, 2.24) is 0 Å². The van der Waals surface area contributed by atoms with E-state index in [0.29, 0.717) is 5.92 Å². The molecule has 0 fully saturated rings. The zero-order valence-electron chi connectivity index (χ0n) is 13.5. The van der Waals surface area contributed by atoms with Crippen LogP contribution in [0.3, 0.4) is 0 Å². The van der Waals surface area contributed by atoms with Gasteiger partial charge in [0, 0.05) is 0 Å². The molecule has 3 aromatic carbocycles. The Morgan fingerprint density at radius 3 is 1.64 bits per heavy atom. The van der Waals surface area contributed by atoms with Crippen LogP contribution in [0.5, 0.6) is 0 Å². The first-order chi connectivity index (χ1) is 10.7. The zero-order chi connectivity index (χ0) is 15.5. The molecular weight excluding hydrogens is 264 g/mol. The Kier molecular flexibility index (Phi) is 4.11. The average molecular weight is 286 g/mol. The normalized spacial score (nSPS) is 10.9. The molecule has 0 saturated carbocycles. The van der Waals surface area contributed by atoms with E-state index in [4.69, 9.17) is 0 Å². The lowest BCUT2D eigenvalue weighted by molar-refractivity contribution is 0.867. The molecule has 0 unspecified atom stereocenters. The second-order valence-electron chi connectivity index (χ2n) is 6.14. The maximum Gasteiger partial charge on any atom is -0.0143 e. The molecule has 0 amide bonds. The van der Waals surface area contributed by atoms with Crippen molar-refractivity contribution in [3.8, 4) is 22.3 Å². The highest BCUT2D eigenvalue weighted by Gasteiger charge is 2.12. The van der Waals surface area contributed by atoms with E-state index in [0.717, 1.165) is 0 Å². The number of rotatable bonds is 3. The molecule has 0 heterocycles. The highest BCUT2D eigenvalue weighted by Crippen LogP contribution is 2.35. The van der Waals surface area contributed by atoms with Gasteiger partial charge >= 0.3 is 0 Å². The molecule has 0 N–H and O–H groups in total. The first-order valence-corrected chi connectivity index (χ1v) is 7.92. The van der Waals surface area contributed by atoms with Crippen molar-refractivity contribution in [2.24, 2.45) is 0 Å². The number of hydrogen-bond acceptors (Lipinski definition) is 0. The van der Waals surface area contributed by atoms with Crippen LogP contribution >= 0.6 is 0 Å². The Bertz CT molecular complexity index is 753. The first-order valence-electron chi connectivity index (χ1n) is 7.92. The molecule has 0 aliphatic carbocycles. The molecule has 0 spiro atoms. The topological polar surface area (TPSA) is 0 Å². The quantitative estimate of drug-likeness (QED) is 0.519. The average Bonchev–Trinajstić information content (AvgIpc) is 2.56. The molecule has 3 rings (SSSR count). The number of hydrogen-bond donors (Lipinski definition) is 0. The fourth-order valence-corrected chi connectivity index (χ4v) is 3.00. The Morgan fingerprint density at radius 2 is 1.14 bits per heavy atom. The molecule has 0 heteroatoms. The van der Waals surface area contributed by atoms with Crippen molar-refractivity contribution in [2.45, 2.75) is 26.7 Å². The number of benzene rings is 3. The van der Waals surface area contributed by atoms with Gasteiger partial charge in [-0.25, -0.2) is 0 Å². The molecule has 0 radical (unpaired) electrons. The summed E-state index contributed by atoms with van der Waals surface area (Å²) in [7, 11) is 0. The van der Waals surface area contributed by atoms with Gasteiger partial charge in [-0.05, 0) is 52.3 Å². The lowest BCUT2D eigenvalue weighted by Gasteiger charge is -2.18. The summed E-state index contributed by atoms with van der Waals surface area (Å²) in [6.45, 7) is 6.75. The molecular formula is C22H22. The van der Waals surface area contributed by atoms with Crippen molar-refractivity contribution in [2.75, 3.05) is 0 Å². The van der Waals surface area contributed by atoms with E-state index < -0.39 is 0 Å². The minimum absolute atomic E-state index is 0.513. The summed E-state index contributed by atoms with van der Waals surface area (Å²) < 4.78 is 0. The van der Waals surface area contributed by atoms with Gasteiger partial charge in [-0.15, -0.1) is 0 Å². The molecule has 0 saturated heterocycles. The predicted molar refractivity (Wildman–Crippen MR) is 96.1 cm³/mol. The second kappa shape index (κ2) is 6.19. The third kappa shape index (κ3) is 2.82. The second-order valence-corrected chi connectivity index (χ2v) is 6.14. The van der Waals surface area contributed by atoms with Crippen molar-refractivity contribution >= 4 is 0 Å². The van der Waals surface area contributed by atoms with Gasteiger partial charge in [0.05, 0.1) is 0 Å². The lowest BCUT2D eigenvalue weighted by Crippen LogP contribution is -1.96. The Morgan fingerprint density at radius 1 is 0.636 bits per heavy atom. The lowest BCUT2D eigenvalue weighted by atomic mass is 9.87. The molecule has 0 nitrogen and oxygen atoms in total. The van der Waals surface area contributed by atoms with Gasteiger partial charge in [0.1, 0.15) is 0 Å². The van der Waals surface area contributed by atoms with E-state index >= 15 is 0 Å². The zero-order valence-corrected chi connectivity index (χ0v) is 13.5. The Labute approximate surface area is 133 Å². The van der Waals surface area contributed by atoms with Crippen LogP contribution in [0.15, 0.2) is 72.8 Å². The van der Waals surface area contributed by atoms with Crippen LogP contribution < -0.4 is 0 Å². The van der Waals surface area contributed by atoms with Gasteiger partial charge < -0.3 is 0 Å². The predicted octanol–water partition coefficient (Wildman–Crippen LogP) is 6.45. The summed E-state index contributed by atoms with van der Waals surface area (Å²) >= 11 is 0. The van der Waals surface area contributed by atoms with Crippen molar-refractivity contribution in [3.63, 3.8) is 0 Å². The minimum Gasteiger partial charge on any atom is -0.0622 e. The summed E-state index contributed by atoms with van der Waals surface area (Å²) in [5, 5.41) is 0. The molecule has 0 aliphatic rings. The highest BCUT2D eigenvalue weighted by atomic mass is 14.2. The SMILES string of the molecule is Cc1cc(C(C)C)c(-c2ccccc2)cc1-c1ccccc1. The van der Waals surface area contributed by atoms with Gasteiger partial charge in [-0.2, -0.15) is 0 Å². The van der Waals surface area contributed by atoms with Crippen LogP contribution in [0.2, 0.25) is 0 Å². The molecule has 3 aromatic rings. The summed E-state index contributed by atoms with van der Waals surface area (Å²) in [6, 6.07) is 26.1. The van der Waals surface area contributed by atoms with Crippen LogP contribution in [0, 0.1) is 6.92 Å². The van der Waals surface area contributed by atoms with Crippen LogP contribution in [-0.4, -0.2) is 0 Å². The van der Waals surface area contributed by atoms with Gasteiger partial charge in [0.15, 0.2) is 0 Å². The summed E-state index contributed by atoms with van der Waals surface area (Å²) in [6.07, 6.45) is 0. The van der Waals surface area contributed by atoms with E-state index in [9.17, 15) is 0 Å². The van der Waals surface area contributed by atoms with Crippen LogP contribution in [0.1, 0.15) is 30.9 Å². The standard InChI is InChI=1S/C22H22/c1-16(2)20-14-17(3)21(18-10-6-4-7-11-18)15-22(20)19-12-8-5-9-13-19/h4-16H,1-3H3. The van der Waals surface area contributed by atoms with Crippen molar-refractivity contribution in [3.05, 3.63) is 83.9 Å². The number of aryl methyl sites for hydroxylation is 1. The van der Waals surface area contributed by atoms with Gasteiger partial charge in [0.25, 0.3) is 0 Å². The maximum atomic E-state index is 2.36. The van der Waals surface area contributed by atoms with E-state index in [-0.39, 0.29) is 0 Å². The highest BCUT2D eigenvalue weighted by molar-refractivity contribution is 5.78. The largest absolute Gasteiger partial charge is 0.0622 e. The fourth-order valence-electron chi connectivity index (χ4n) is 3.00. The van der Waals surface area contributed by atoms with Crippen LogP contribution in [-0.2, 0) is 0 Å². The summed E-state index contributed by atoms with van der Waals surface area (Å²) in [4.78, 5) is 0. The van der Waals surface area contributed by atoms with E-state index in [1.807, 2.05) is 0 Å². The smallest absolute Gasteiger partial charge is 0.0143 e. The third-order valence-electron chi connectivity index (χ3n) is 4.19. The Balaban J connectivity index is 2.23. The molecule has 110 valence electrons. The van der Waals surface area contributed by atoms with E-state index in [1.54, 1.807) is 0 Å². The van der Waals surface area contributed by atoms with Gasteiger partial charge in [-0.3, -0.25) is 0 Å². The van der Waals surface area contributed by atoms with Crippen LogP contribution in [0.4, 0.5) is 0 Å². The van der Waals surface area contributed by atoms with Crippen molar-refractivity contribution in [1.29, 1.82) is 0 Å². The fraction of sp³-hybridized carbons (Fsp3) is 0.182. The molecule has 0 aromatic heterocycles. The summed E-state index contributed by atoms with van der Waals surface area (Å²) in [5.41, 5.74) is 8.01. The molecule has 0 aliphatic heterocycles. The monoisotopic (exact) mass is 286 g/mol. The Hall–Kier alpha value is -2.34. The first kappa shape index (κ1) is 14.6. The minimum atomic E-state index is 0.513.